The van der Waals surface area contributed by atoms with Crippen molar-refractivity contribution in [3.8, 4) is 11.5 Å². The summed E-state index contributed by atoms with van der Waals surface area (Å²) >= 11 is 3.44. The highest BCUT2D eigenvalue weighted by Gasteiger charge is 2.29. The lowest BCUT2D eigenvalue weighted by Crippen LogP contribution is -2.20. The predicted molar refractivity (Wildman–Crippen MR) is 90.1 cm³/mol. The number of carbonyl (C=O) groups is 1. The van der Waals surface area contributed by atoms with Crippen molar-refractivity contribution < 1.29 is 14.6 Å². The number of anilines is 1. The van der Waals surface area contributed by atoms with Gasteiger partial charge >= 0.3 is 0 Å². The number of carbonyl (C=O) groups excluding carboxylic acids is 1. The Morgan fingerprint density at radius 3 is 2.73 bits per heavy atom. The van der Waals surface area contributed by atoms with Crippen molar-refractivity contribution in [2.75, 3.05) is 19.1 Å². The van der Waals surface area contributed by atoms with E-state index >= 15 is 0 Å². The zero-order valence-electron chi connectivity index (χ0n) is 12.1. The van der Waals surface area contributed by atoms with Crippen LogP contribution in [0.3, 0.4) is 0 Å². The van der Waals surface area contributed by atoms with Gasteiger partial charge in [0, 0.05) is 22.7 Å². The van der Waals surface area contributed by atoms with Crippen LogP contribution in [-0.4, -0.2) is 25.2 Å². The van der Waals surface area contributed by atoms with Crippen LogP contribution >= 0.6 is 15.9 Å². The number of para-hydroxylation sites is 1. The normalized spacial score (nSPS) is 15.3. The van der Waals surface area contributed by atoms with Crippen LogP contribution < -0.4 is 9.64 Å². The number of benzene rings is 2. The van der Waals surface area contributed by atoms with Crippen LogP contribution in [-0.2, 0) is 4.79 Å². The molecule has 1 amide bonds. The minimum atomic E-state index is -0.0663. The molecule has 2 aromatic rings. The quantitative estimate of drug-likeness (QED) is 0.832. The minimum Gasteiger partial charge on any atom is -0.504 e. The summed E-state index contributed by atoms with van der Waals surface area (Å²) in [6.45, 7) is 0. The first-order valence-corrected chi connectivity index (χ1v) is 7.48. The van der Waals surface area contributed by atoms with E-state index in [1.807, 2.05) is 24.3 Å². The molecule has 4 nitrogen and oxygen atoms in total. The van der Waals surface area contributed by atoms with Crippen LogP contribution in [0.1, 0.15) is 11.1 Å². The Morgan fingerprint density at radius 2 is 2.00 bits per heavy atom. The summed E-state index contributed by atoms with van der Waals surface area (Å²) in [5.74, 6) is 0.345. The molecule has 0 aliphatic carbocycles. The zero-order chi connectivity index (χ0) is 15.9. The predicted octanol–water partition coefficient (Wildman–Crippen LogP) is 3.68. The average molecular weight is 360 g/mol. The maximum atomic E-state index is 12.4. The van der Waals surface area contributed by atoms with Crippen molar-refractivity contribution in [1.82, 2.24) is 0 Å². The van der Waals surface area contributed by atoms with Gasteiger partial charge in [0.2, 0.25) is 0 Å². The van der Waals surface area contributed by atoms with Crippen LogP contribution in [0.15, 0.2) is 40.9 Å². The summed E-state index contributed by atoms with van der Waals surface area (Å²) < 4.78 is 5.81. The van der Waals surface area contributed by atoms with Crippen LogP contribution in [0.2, 0.25) is 0 Å². The minimum absolute atomic E-state index is 0.0321. The molecule has 0 aromatic heterocycles. The Kier molecular flexibility index (Phi) is 3.66. The van der Waals surface area contributed by atoms with Crippen molar-refractivity contribution in [3.05, 3.63) is 52.0 Å². The Balaban J connectivity index is 2.14. The average Bonchev–Trinajstić information content (AvgIpc) is 2.76. The highest BCUT2D eigenvalue weighted by molar-refractivity contribution is 9.10. The molecule has 1 aliphatic rings. The molecule has 0 bridgehead atoms. The Bertz CT molecular complexity index is 798. The van der Waals surface area contributed by atoms with Gasteiger partial charge in [-0.05, 0) is 29.8 Å². The first-order valence-electron chi connectivity index (χ1n) is 6.68. The summed E-state index contributed by atoms with van der Waals surface area (Å²) in [6.07, 6.45) is 1.77. The van der Waals surface area contributed by atoms with E-state index in [2.05, 4.69) is 15.9 Å². The molecule has 0 atom stereocenters. The van der Waals surface area contributed by atoms with Crippen molar-refractivity contribution >= 4 is 39.2 Å². The lowest BCUT2D eigenvalue weighted by molar-refractivity contribution is -0.112. The first kappa shape index (κ1) is 14.7. The highest BCUT2D eigenvalue weighted by Crippen LogP contribution is 2.39. The number of hydrogen-bond acceptors (Lipinski definition) is 3. The summed E-state index contributed by atoms with van der Waals surface area (Å²) in [7, 11) is 3.24. The molecule has 1 heterocycles. The van der Waals surface area contributed by atoms with Gasteiger partial charge in [-0.1, -0.05) is 34.1 Å². The molecule has 0 unspecified atom stereocenters. The number of phenolic OH excluding ortho intramolecular Hbond substituents is 1. The number of likely N-dealkylation sites (N-methyl/N-ethyl adjacent to an activating group) is 1. The van der Waals surface area contributed by atoms with E-state index in [1.54, 1.807) is 30.2 Å². The molecule has 0 fully saturated rings. The fourth-order valence-electron chi connectivity index (χ4n) is 2.53. The largest absolute Gasteiger partial charge is 0.504 e. The van der Waals surface area contributed by atoms with Crippen molar-refractivity contribution in [3.63, 3.8) is 0 Å². The van der Waals surface area contributed by atoms with Gasteiger partial charge in [0.05, 0.1) is 12.8 Å². The molecule has 2 aromatic carbocycles. The fourth-order valence-corrected chi connectivity index (χ4v) is 2.96. The third-order valence-electron chi connectivity index (χ3n) is 3.69. The number of hydrogen-bond donors (Lipinski definition) is 1. The van der Waals surface area contributed by atoms with Crippen molar-refractivity contribution in [2.45, 2.75) is 0 Å². The molecule has 1 aliphatic heterocycles. The molecule has 22 heavy (non-hydrogen) atoms. The Labute approximate surface area is 136 Å². The maximum Gasteiger partial charge on any atom is 0.258 e. The molecule has 0 spiro atoms. The van der Waals surface area contributed by atoms with Gasteiger partial charge in [-0.25, -0.2) is 0 Å². The number of ether oxygens (including phenoxy) is 1. The number of amides is 1. The molecule has 0 radical (unpaired) electrons. The van der Waals surface area contributed by atoms with Crippen molar-refractivity contribution in [2.24, 2.45) is 0 Å². The molecule has 0 saturated heterocycles. The molecule has 5 heteroatoms. The molecule has 112 valence electrons. The topological polar surface area (TPSA) is 49.8 Å². The van der Waals surface area contributed by atoms with Crippen LogP contribution in [0, 0.1) is 0 Å². The van der Waals surface area contributed by atoms with Gasteiger partial charge in [0.1, 0.15) is 0 Å². The van der Waals surface area contributed by atoms with E-state index < -0.39 is 0 Å². The van der Waals surface area contributed by atoms with Gasteiger partial charge in [-0.2, -0.15) is 0 Å². The monoisotopic (exact) mass is 359 g/mol. The van der Waals surface area contributed by atoms with Gasteiger partial charge in [-0.15, -0.1) is 0 Å². The SMILES string of the molecule is COc1cc(Br)c(C=C2C(=O)N(C)c3ccccc32)cc1O. The van der Waals surface area contributed by atoms with Crippen molar-refractivity contribution in [1.29, 1.82) is 0 Å². The number of methoxy groups -OCH3 is 1. The third kappa shape index (κ3) is 2.27. The Morgan fingerprint density at radius 1 is 1.27 bits per heavy atom. The fraction of sp³-hybridized carbons (Fsp3) is 0.118. The molecule has 0 saturated carbocycles. The molecule has 1 N–H and O–H groups in total. The summed E-state index contributed by atoms with van der Waals surface area (Å²) in [5.41, 5.74) is 3.08. The van der Waals surface area contributed by atoms with Crippen LogP contribution in [0.4, 0.5) is 5.69 Å². The van der Waals surface area contributed by atoms with Crippen LogP contribution in [0.5, 0.6) is 11.5 Å². The summed E-state index contributed by atoms with van der Waals surface area (Å²) in [5, 5.41) is 9.93. The summed E-state index contributed by atoms with van der Waals surface area (Å²) in [6, 6.07) is 10.9. The van der Waals surface area contributed by atoms with E-state index in [-0.39, 0.29) is 11.7 Å². The lowest BCUT2D eigenvalue weighted by atomic mass is 10.0. The van der Waals surface area contributed by atoms with E-state index in [9.17, 15) is 9.90 Å². The smallest absolute Gasteiger partial charge is 0.258 e. The van der Waals surface area contributed by atoms with Gasteiger partial charge in [0.25, 0.3) is 5.91 Å². The van der Waals surface area contributed by atoms with E-state index in [1.165, 1.54) is 7.11 Å². The summed E-state index contributed by atoms with van der Waals surface area (Å²) in [4.78, 5) is 14.1. The highest BCUT2D eigenvalue weighted by atomic mass is 79.9. The standard InChI is InChI=1S/C17H14BrNO3/c1-19-14-6-4-3-5-11(14)12(17(19)21)7-10-8-15(20)16(22-2)9-13(10)18/h3-9,20H,1-2H3. The number of rotatable bonds is 2. The van der Waals surface area contributed by atoms with E-state index in [0.717, 1.165) is 15.7 Å². The van der Waals surface area contributed by atoms with Gasteiger partial charge in [0.15, 0.2) is 11.5 Å². The number of nitrogens with zero attached hydrogens (tertiary/aromatic N) is 1. The molecular weight excluding hydrogens is 346 g/mol. The van der Waals surface area contributed by atoms with E-state index in [4.69, 9.17) is 4.74 Å². The second-order valence-electron chi connectivity index (χ2n) is 4.98. The number of phenols is 1. The number of fused-ring (bicyclic) bond motifs is 1. The lowest BCUT2D eigenvalue weighted by Gasteiger charge is -2.08. The molecule has 3 rings (SSSR count). The Hall–Kier alpha value is -2.27. The first-order chi connectivity index (χ1) is 10.5. The van der Waals surface area contributed by atoms with Crippen LogP contribution in [0.25, 0.3) is 11.6 Å². The second-order valence-corrected chi connectivity index (χ2v) is 5.84. The van der Waals surface area contributed by atoms with Gasteiger partial charge in [-0.3, -0.25) is 4.79 Å². The zero-order valence-corrected chi connectivity index (χ0v) is 13.7. The van der Waals surface area contributed by atoms with Gasteiger partial charge < -0.3 is 14.7 Å². The number of halogens is 1. The number of aromatic hydroxyl groups is 1. The second kappa shape index (κ2) is 5.50. The third-order valence-corrected chi connectivity index (χ3v) is 4.38. The maximum absolute atomic E-state index is 12.4. The van der Waals surface area contributed by atoms with E-state index in [0.29, 0.717) is 16.9 Å². The molecular formula is C17H14BrNO3.